The molecule has 2 fully saturated rings. The Morgan fingerprint density at radius 2 is 2.26 bits per heavy atom. The number of nitrogens with one attached hydrogen (secondary N) is 3. The minimum Gasteiger partial charge on any atom is -0.507 e. The Labute approximate surface area is 161 Å². The second kappa shape index (κ2) is 7.87. The summed E-state index contributed by atoms with van der Waals surface area (Å²) in [5.41, 5.74) is 4.16. The van der Waals surface area contributed by atoms with Gasteiger partial charge in [0.1, 0.15) is 16.5 Å². The van der Waals surface area contributed by atoms with Gasteiger partial charge in [0.15, 0.2) is 5.17 Å². The predicted molar refractivity (Wildman–Crippen MR) is 103 cm³/mol. The van der Waals surface area contributed by atoms with Gasteiger partial charge in [0.25, 0.3) is 5.91 Å². The Morgan fingerprint density at radius 3 is 2.96 bits per heavy atom. The fourth-order valence-electron chi connectivity index (χ4n) is 3.38. The standard InChI is InChI=1S/C18H22FN5O2S/c19-11-3-4-13(14(25)9-11)15(22-12-5-7-20-10-12)16-17(26)23-18(27-16)24-8-2-1-6-21-24/h3-4,9,12,20-22,25H,1-2,5-8,10H2/b16-15-/t12-/m0/s1. The molecule has 0 unspecified atom stereocenters. The number of hydrogen-bond donors (Lipinski definition) is 4. The molecular formula is C18H22FN5O2S. The van der Waals surface area contributed by atoms with Crippen LogP contribution in [0.1, 0.15) is 24.8 Å². The number of aromatic hydroxyl groups is 1. The summed E-state index contributed by atoms with van der Waals surface area (Å²) in [6, 6.07) is 3.96. The number of benzene rings is 1. The quantitative estimate of drug-likeness (QED) is 0.579. The molecule has 4 N–H and O–H groups in total. The average molecular weight is 391 g/mol. The zero-order chi connectivity index (χ0) is 18.8. The van der Waals surface area contributed by atoms with Crippen molar-refractivity contribution in [1.29, 1.82) is 0 Å². The minimum absolute atomic E-state index is 0.127. The summed E-state index contributed by atoms with van der Waals surface area (Å²) in [4.78, 5) is 17.3. The highest BCUT2D eigenvalue weighted by molar-refractivity contribution is 8.18. The van der Waals surface area contributed by atoms with E-state index in [2.05, 4.69) is 21.1 Å². The third-order valence-corrected chi connectivity index (χ3v) is 5.87. The molecule has 3 aliphatic rings. The van der Waals surface area contributed by atoms with Crippen LogP contribution in [0.4, 0.5) is 4.39 Å². The lowest BCUT2D eigenvalue weighted by molar-refractivity contribution is -0.113. The Hall–Kier alpha value is -2.10. The molecule has 9 heteroatoms. The number of halogens is 1. The highest BCUT2D eigenvalue weighted by Crippen LogP contribution is 2.37. The van der Waals surface area contributed by atoms with Crippen LogP contribution >= 0.6 is 11.8 Å². The van der Waals surface area contributed by atoms with Gasteiger partial charge in [-0.25, -0.2) is 9.82 Å². The Morgan fingerprint density at radius 1 is 1.37 bits per heavy atom. The van der Waals surface area contributed by atoms with Crippen molar-refractivity contribution >= 4 is 28.5 Å². The number of aliphatic imine (C=N–C) groups is 1. The molecule has 1 aromatic carbocycles. The van der Waals surface area contributed by atoms with Crippen LogP contribution in [0.5, 0.6) is 5.75 Å². The Bertz CT molecular complexity index is 801. The summed E-state index contributed by atoms with van der Waals surface area (Å²) in [5.74, 6) is -1.07. The fourth-order valence-corrected chi connectivity index (χ4v) is 4.36. The maximum atomic E-state index is 13.5. The van der Waals surface area contributed by atoms with Gasteiger partial charge in [0.05, 0.1) is 5.70 Å². The third-order valence-electron chi connectivity index (χ3n) is 4.79. The molecule has 0 radical (unpaired) electrons. The van der Waals surface area contributed by atoms with E-state index in [1.807, 2.05) is 5.01 Å². The summed E-state index contributed by atoms with van der Waals surface area (Å²) in [7, 11) is 0. The highest BCUT2D eigenvalue weighted by Gasteiger charge is 2.32. The lowest BCUT2D eigenvalue weighted by Crippen LogP contribution is -2.45. The average Bonchev–Trinajstić information content (AvgIpc) is 3.31. The topological polar surface area (TPSA) is 89.0 Å². The second-order valence-electron chi connectivity index (χ2n) is 6.77. The maximum absolute atomic E-state index is 13.5. The summed E-state index contributed by atoms with van der Waals surface area (Å²) < 4.78 is 13.5. The molecule has 3 aliphatic heterocycles. The van der Waals surface area contributed by atoms with Gasteiger partial charge >= 0.3 is 0 Å². The van der Waals surface area contributed by atoms with E-state index in [0.717, 1.165) is 51.5 Å². The number of nitrogens with zero attached hydrogens (tertiary/aromatic N) is 2. The number of hydrazine groups is 1. The molecule has 0 aliphatic carbocycles. The number of hydrogen-bond acceptors (Lipinski definition) is 7. The minimum atomic E-state index is -0.525. The molecule has 3 heterocycles. The normalized spacial score (nSPS) is 24.9. The number of thioether (sulfide) groups is 1. The third kappa shape index (κ3) is 3.95. The van der Waals surface area contributed by atoms with E-state index in [4.69, 9.17) is 0 Å². The van der Waals surface area contributed by atoms with E-state index in [0.29, 0.717) is 21.3 Å². The number of amides is 1. The number of carbonyl (C=O) groups is 1. The van der Waals surface area contributed by atoms with E-state index >= 15 is 0 Å². The van der Waals surface area contributed by atoms with E-state index in [1.165, 1.54) is 23.9 Å². The zero-order valence-electron chi connectivity index (χ0n) is 14.8. The molecule has 4 rings (SSSR count). The molecule has 1 amide bonds. The van der Waals surface area contributed by atoms with Crippen molar-refractivity contribution in [3.05, 3.63) is 34.5 Å². The van der Waals surface area contributed by atoms with Crippen LogP contribution in [0.3, 0.4) is 0 Å². The van der Waals surface area contributed by atoms with Crippen LogP contribution < -0.4 is 16.1 Å². The van der Waals surface area contributed by atoms with Gasteiger partial charge < -0.3 is 15.7 Å². The molecule has 7 nitrogen and oxygen atoms in total. The van der Waals surface area contributed by atoms with Gasteiger partial charge in [-0.3, -0.25) is 9.80 Å². The summed E-state index contributed by atoms with van der Waals surface area (Å²) in [6.07, 6.45) is 3.03. The number of amidine groups is 1. The number of rotatable bonds is 3. The Kier molecular flexibility index (Phi) is 5.33. The molecule has 27 heavy (non-hydrogen) atoms. The van der Waals surface area contributed by atoms with Gasteiger partial charge in [-0.2, -0.15) is 4.99 Å². The first-order chi connectivity index (χ1) is 13.1. The molecule has 0 saturated carbocycles. The van der Waals surface area contributed by atoms with Crippen LogP contribution in [0.25, 0.3) is 5.70 Å². The highest BCUT2D eigenvalue weighted by atomic mass is 32.2. The fraction of sp³-hybridized carbons (Fsp3) is 0.444. The Balaban J connectivity index is 1.67. The maximum Gasteiger partial charge on any atom is 0.288 e. The SMILES string of the molecule is O=C1N=C(N2CCCCN2)S/C1=C(\N[C@H]1CCNC1)c1ccc(F)cc1O. The van der Waals surface area contributed by atoms with Crippen molar-refractivity contribution < 1.29 is 14.3 Å². The molecular weight excluding hydrogens is 369 g/mol. The van der Waals surface area contributed by atoms with Crippen LogP contribution in [-0.4, -0.2) is 53.4 Å². The molecule has 0 aromatic heterocycles. The first kappa shape index (κ1) is 18.3. The summed E-state index contributed by atoms with van der Waals surface area (Å²) in [5, 5.41) is 19.4. The molecule has 1 aromatic rings. The number of phenolic OH excluding ortho intramolecular Hbond substituents is 1. The van der Waals surface area contributed by atoms with Crippen molar-refractivity contribution in [3.63, 3.8) is 0 Å². The largest absolute Gasteiger partial charge is 0.507 e. The van der Waals surface area contributed by atoms with Crippen LogP contribution in [-0.2, 0) is 4.79 Å². The predicted octanol–water partition coefficient (Wildman–Crippen LogP) is 1.38. The van der Waals surface area contributed by atoms with E-state index in [-0.39, 0.29) is 17.7 Å². The van der Waals surface area contributed by atoms with Crippen molar-refractivity contribution in [2.75, 3.05) is 26.2 Å². The van der Waals surface area contributed by atoms with Crippen molar-refractivity contribution in [1.82, 2.24) is 21.1 Å². The molecule has 144 valence electrons. The van der Waals surface area contributed by atoms with Crippen LogP contribution in [0, 0.1) is 5.82 Å². The lowest BCUT2D eigenvalue weighted by atomic mass is 10.1. The summed E-state index contributed by atoms with van der Waals surface area (Å²) >= 11 is 1.28. The van der Waals surface area contributed by atoms with Crippen LogP contribution in [0.15, 0.2) is 28.1 Å². The zero-order valence-corrected chi connectivity index (χ0v) is 15.6. The smallest absolute Gasteiger partial charge is 0.288 e. The van der Waals surface area contributed by atoms with Gasteiger partial charge in [-0.05, 0) is 49.7 Å². The van der Waals surface area contributed by atoms with E-state index in [1.54, 1.807) is 0 Å². The molecule has 1 atom stereocenters. The second-order valence-corrected chi connectivity index (χ2v) is 7.75. The molecule has 2 saturated heterocycles. The van der Waals surface area contributed by atoms with Gasteiger partial charge in [0.2, 0.25) is 0 Å². The van der Waals surface area contributed by atoms with E-state index < -0.39 is 5.82 Å². The number of carbonyl (C=O) groups excluding carboxylic acids is 1. The lowest BCUT2D eigenvalue weighted by Gasteiger charge is -2.28. The van der Waals surface area contributed by atoms with Crippen molar-refractivity contribution in [2.45, 2.75) is 25.3 Å². The first-order valence-corrected chi connectivity index (χ1v) is 9.96. The van der Waals surface area contributed by atoms with E-state index in [9.17, 15) is 14.3 Å². The monoisotopic (exact) mass is 391 g/mol. The number of phenols is 1. The van der Waals surface area contributed by atoms with Crippen molar-refractivity contribution in [3.8, 4) is 5.75 Å². The van der Waals surface area contributed by atoms with Crippen LogP contribution in [0.2, 0.25) is 0 Å². The summed E-state index contributed by atoms with van der Waals surface area (Å²) in [6.45, 7) is 3.29. The van der Waals surface area contributed by atoms with Crippen molar-refractivity contribution in [2.24, 2.45) is 4.99 Å². The molecule has 0 bridgehead atoms. The van der Waals surface area contributed by atoms with Gasteiger partial charge in [0, 0.05) is 37.3 Å². The van der Waals surface area contributed by atoms with Gasteiger partial charge in [-0.15, -0.1) is 0 Å². The van der Waals surface area contributed by atoms with Gasteiger partial charge in [-0.1, -0.05) is 0 Å². The first-order valence-electron chi connectivity index (χ1n) is 9.14. The molecule has 0 spiro atoms.